The van der Waals surface area contributed by atoms with Crippen molar-refractivity contribution in [3.05, 3.63) is 60.1 Å². The summed E-state index contributed by atoms with van der Waals surface area (Å²) in [6, 6.07) is 7.21. The Hall–Kier alpha value is -3.75. The van der Waals surface area contributed by atoms with Gasteiger partial charge in [-0.15, -0.1) is 0 Å². The number of hydrogen-bond donors (Lipinski definition) is 2. The van der Waals surface area contributed by atoms with Gasteiger partial charge in [0.25, 0.3) is 5.91 Å². The third kappa shape index (κ3) is 5.01. The van der Waals surface area contributed by atoms with Crippen LogP contribution >= 0.6 is 11.8 Å². The second-order valence-corrected chi connectivity index (χ2v) is 11.1. The summed E-state index contributed by atoms with van der Waals surface area (Å²) in [6.45, 7) is 4.99. The average molecular weight is 534 g/mol. The molecule has 38 heavy (non-hydrogen) atoms. The van der Waals surface area contributed by atoms with Gasteiger partial charge in [-0.3, -0.25) is 9.48 Å². The lowest BCUT2D eigenvalue weighted by atomic mass is 9.90. The first-order valence-corrected chi connectivity index (χ1v) is 13.2. The van der Waals surface area contributed by atoms with Gasteiger partial charge in [-0.25, -0.2) is 13.9 Å². The van der Waals surface area contributed by atoms with Crippen molar-refractivity contribution >= 4 is 23.2 Å². The number of nitrogens with zero attached hydrogens (tertiary/aromatic N) is 6. The summed E-state index contributed by atoms with van der Waals surface area (Å²) in [5.74, 6) is -0.788. The van der Waals surface area contributed by atoms with Crippen molar-refractivity contribution in [3.8, 4) is 17.2 Å². The van der Waals surface area contributed by atoms with E-state index in [-0.39, 0.29) is 23.0 Å². The molecule has 4 aromatic heterocycles. The number of nitriles is 1. The van der Waals surface area contributed by atoms with E-state index in [0.717, 1.165) is 54.3 Å². The summed E-state index contributed by atoms with van der Waals surface area (Å²) >= 11 is 1.16. The van der Waals surface area contributed by atoms with Gasteiger partial charge in [-0.2, -0.15) is 15.5 Å². The number of hydrogen-bond acceptors (Lipinski definition) is 7. The molecule has 11 heteroatoms. The van der Waals surface area contributed by atoms with Crippen molar-refractivity contribution in [2.24, 2.45) is 0 Å². The maximum atomic E-state index is 14.4. The molecule has 9 nitrogen and oxygen atoms in total. The van der Waals surface area contributed by atoms with E-state index in [2.05, 4.69) is 21.5 Å². The Kier molecular flexibility index (Phi) is 6.94. The Labute approximate surface area is 223 Å². The molecule has 1 aliphatic carbocycles. The minimum Gasteiger partial charge on any atom is -0.381 e. The zero-order valence-corrected chi connectivity index (χ0v) is 22.2. The monoisotopic (exact) mass is 533 g/mol. The van der Waals surface area contributed by atoms with E-state index < -0.39 is 11.4 Å². The van der Waals surface area contributed by atoms with E-state index in [9.17, 15) is 19.6 Å². The van der Waals surface area contributed by atoms with E-state index in [1.807, 2.05) is 30.1 Å². The molecule has 1 aliphatic rings. The molecule has 5 rings (SSSR count). The summed E-state index contributed by atoms with van der Waals surface area (Å²) in [5.41, 5.74) is 2.36. The van der Waals surface area contributed by atoms with Crippen molar-refractivity contribution in [1.29, 1.82) is 5.26 Å². The van der Waals surface area contributed by atoms with Crippen molar-refractivity contribution in [2.75, 3.05) is 0 Å². The van der Waals surface area contributed by atoms with Gasteiger partial charge >= 0.3 is 0 Å². The van der Waals surface area contributed by atoms with Crippen LogP contribution in [-0.4, -0.2) is 47.0 Å². The van der Waals surface area contributed by atoms with Crippen LogP contribution in [0.15, 0.2) is 52.9 Å². The van der Waals surface area contributed by atoms with E-state index in [0.29, 0.717) is 16.0 Å². The summed E-state index contributed by atoms with van der Waals surface area (Å²) < 4.78 is 18.1. The standard InChI is InChI=1S/C27H28FN7O2S/c1-16-21(14-32-35(16)20-8-6-19(7-9-20)33-26(36)27(2,3)37)17-11-23(38-25-22(28)5-4-10-30-25)24-18(12-29)13-31-34(24)15-17/h4-5,10-11,13-15,19-20,37H,6-9H2,1-3H3,(H,33,36). The van der Waals surface area contributed by atoms with Gasteiger partial charge < -0.3 is 10.4 Å². The predicted molar refractivity (Wildman–Crippen MR) is 140 cm³/mol. The molecule has 0 bridgehead atoms. The van der Waals surface area contributed by atoms with Crippen molar-refractivity contribution in [2.45, 2.75) is 74.1 Å². The Balaban J connectivity index is 1.42. The van der Waals surface area contributed by atoms with Crippen molar-refractivity contribution < 1.29 is 14.3 Å². The first-order valence-electron chi connectivity index (χ1n) is 12.4. The smallest absolute Gasteiger partial charge is 0.251 e. The van der Waals surface area contributed by atoms with E-state index in [4.69, 9.17) is 5.10 Å². The molecule has 1 saturated carbocycles. The molecule has 0 spiro atoms. The summed E-state index contributed by atoms with van der Waals surface area (Å²) in [7, 11) is 0. The number of fused-ring (bicyclic) bond motifs is 1. The van der Waals surface area contributed by atoms with E-state index in [1.54, 1.807) is 4.52 Å². The van der Waals surface area contributed by atoms with Crippen LogP contribution < -0.4 is 5.32 Å². The lowest BCUT2D eigenvalue weighted by molar-refractivity contribution is -0.137. The predicted octanol–water partition coefficient (Wildman–Crippen LogP) is 4.43. The molecule has 0 aliphatic heterocycles. The normalized spacial score (nSPS) is 17.9. The van der Waals surface area contributed by atoms with Crippen LogP contribution in [0.3, 0.4) is 0 Å². The summed E-state index contributed by atoms with van der Waals surface area (Å²) in [6.07, 6.45) is 10.0. The van der Waals surface area contributed by atoms with Crippen LogP contribution in [0.2, 0.25) is 0 Å². The number of amides is 1. The fourth-order valence-electron chi connectivity index (χ4n) is 4.84. The number of carbonyl (C=O) groups is 1. The highest BCUT2D eigenvalue weighted by Crippen LogP contribution is 2.38. The molecule has 0 atom stereocenters. The first-order chi connectivity index (χ1) is 18.2. The third-order valence-corrected chi connectivity index (χ3v) is 7.94. The van der Waals surface area contributed by atoms with Crippen LogP contribution in [0.25, 0.3) is 16.6 Å². The molecule has 0 radical (unpaired) electrons. The van der Waals surface area contributed by atoms with Crippen molar-refractivity contribution in [3.63, 3.8) is 0 Å². The molecule has 4 heterocycles. The SMILES string of the molecule is Cc1c(-c2cc(Sc3ncccc3F)c3c(C#N)cnn3c2)cnn1C1CCC(NC(=O)C(C)(C)O)CC1. The molecule has 1 amide bonds. The second-order valence-electron chi connectivity index (χ2n) is 10.1. The third-order valence-electron chi connectivity index (χ3n) is 6.92. The average Bonchev–Trinajstić information content (AvgIpc) is 3.48. The fraction of sp³-hybridized carbons (Fsp3) is 0.370. The molecule has 0 unspecified atom stereocenters. The minimum atomic E-state index is -1.40. The lowest BCUT2D eigenvalue weighted by Gasteiger charge is -2.31. The minimum absolute atomic E-state index is 0.0311. The Morgan fingerprint density at radius 2 is 2.03 bits per heavy atom. The topological polar surface area (TPSA) is 121 Å². The molecular formula is C27H28FN7O2S. The van der Waals surface area contributed by atoms with E-state index in [1.165, 1.54) is 38.4 Å². The van der Waals surface area contributed by atoms with Gasteiger partial charge in [-0.1, -0.05) is 11.8 Å². The number of pyridine rings is 2. The van der Waals surface area contributed by atoms with Gasteiger partial charge in [0, 0.05) is 40.2 Å². The zero-order chi connectivity index (χ0) is 27.0. The number of aliphatic hydroxyl groups is 1. The molecular weight excluding hydrogens is 505 g/mol. The number of halogens is 1. The number of aromatic nitrogens is 5. The highest BCUT2D eigenvalue weighted by Gasteiger charge is 2.30. The molecule has 0 saturated heterocycles. The summed E-state index contributed by atoms with van der Waals surface area (Å²) in [5, 5.41) is 31.7. The first kappa shape index (κ1) is 25.9. The van der Waals surface area contributed by atoms with Crippen LogP contribution in [-0.2, 0) is 4.79 Å². The Morgan fingerprint density at radius 3 is 2.71 bits per heavy atom. The lowest BCUT2D eigenvalue weighted by Crippen LogP contribution is -2.47. The fourth-order valence-corrected chi connectivity index (χ4v) is 5.82. The molecule has 2 N–H and O–H groups in total. The largest absolute Gasteiger partial charge is 0.381 e. The van der Waals surface area contributed by atoms with Gasteiger partial charge in [0.15, 0.2) is 5.82 Å². The molecule has 4 aromatic rings. The van der Waals surface area contributed by atoms with Gasteiger partial charge in [0.2, 0.25) is 0 Å². The molecule has 0 aromatic carbocycles. The maximum Gasteiger partial charge on any atom is 0.251 e. The second kappa shape index (κ2) is 10.2. The van der Waals surface area contributed by atoms with Gasteiger partial charge in [0.05, 0.1) is 29.5 Å². The maximum absolute atomic E-state index is 14.4. The highest BCUT2D eigenvalue weighted by molar-refractivity contribution is 7.99. The number of carbonyl (C=O) groups excluding carboxylic acids is 1. The van der Waals surface area contributed by atoms with Crippen LogP contribution in [0.5, 0.6) is 0 Å². The highest BCUT2D eigenvalue weighted by atomic mass is 32.2. The molecule has 1 fully saturated rings. The van der Waals surface area contributed by atoms with Gasteiger partial charge in [-0.05, 0) is 64.7 Å². The van der Waals surface area contributed by atoms with Crippen LogP contribution in [0.1, 0.15) is 56.8 Å². The van der Waals surface area contributed by atoms with Gasteiger partial charge in [0.1, 0.15) is 16.7 Å². The number of nitrogens with one attached hydrogen (secondary N) is 1. The summed E-state index contributed by atoms with van der Waals surface area (Å²) in [4.78, 5) is 17.0. The van der Waals surface area contributed by atoms with Crippen molar-refractivity contribution in [1.82, 2.24) is 29.7 Å². The Morgan fingerprint density at radius 1 is 1.26 bits per heavy atom. The molecule has 196 valence electrons. The number of rotatable bonds is 6. The Bertz CT molecular complexity index is 1540. The van der Waals surface area contributed by atoms with Crippen LogP contribution in [0, 0.1) is 24.1 Å². The van der Waals surface area contributed by atoms with Crippen LogP contribution in [0.4, 0.5) is 4.39 Å². The quantitative estimate of drug-likeness (QED) is 0.376. The zero-order valence-electron chi connectivity index (χ0n) is 21.3. The van der Waals surface area contributed by atoms with E-state index >= 15 is 0 Å².